The van der Waals surface area contributed by atoms with Crippen LogP contribution in [0.4, 0.5) is 5.69 Å². The molecule has 5 nitrogen and oxygen atoms in total. The first-order chi connectivity index (χ1) is 14.7. The van der Waals surface area contributed by atoms with E-state index in [4.69, 9.17) is 0 Å². The molecule has 0 saturated carbocycles. The Labute approximate surface area is 199 Å². The van der Waals surface area contributed by atoms with Crippen LogP contribution in [0.3, 0.4) is 0 Å². The zero-order valence-electron chi connectivity index (χ0n) is 16.8. The van der Waals surface area contributed by atoms with E-state index in [1.807, 2.05) is 6.92 Å². The molecule has 1 unspecified atom stereocenters. The number of hydrogen-bond donors (Lipinski definition) is 3. The molecule has 3 N–H and O–H groups in total. The van der Waals surface area contributed by atoms with Gasteiger partial charge in [0, 0.05) is 15.0 Å². The smallest absolute Gasteiger partial charge is 0.262 e. The second-order valence-electron chi connectivity index (χ2n) is 7.63. The molecule has 1 atom stereocenters. The van der Waals surface area contributed by atoms with E-state index in [-0.39, 0.29) is 22.4 Å². The van der Waals surface area contributed by atoms with Gasteiger partial charge in [0.1, 0.15) is 5.75 Å². The van der Waals surface area contributed by atoms with Crippen molar-refractivity contribution in [3.8, 4) is 5.75 Å². The number of fused-ring (bicyclic) bond motifs is 1. The van der Waals surface area contributed by atoms with Gasteiger partial charge in [-0.25, -0.2) is 8.42 Å². The quantitative estimate of drug-likeness (QED) is 0.359. The van der Waals surface area contributed by atoms with Crippen molar-refractivity contribution in [1.29, 1.82) is 0 Å². The van der Waals surface area contributed by atoms with Crippen molar-refractivity contribution in [2.45, 2.75) is 30.7 Å². The van der Waals surface area contributed by atoms with E-state index in [1.54, 1.807) is 30.3 Å². The van der Waals surface area contributed by atoms with Crippen LogP contribution in [0, 0.1) is 6.92 Å². The number of halogens is 2. The lowest BCUT2D eigenvalue weighted by atomic mass is 9.89. The summed E-state index contributed by atoms with van der Waals surface area (Å²) >= 11 is 7.22. The number of benzene rings is 3. The van der Waals surface area contributed by atoms with Gasteiger partial charge in [-0.2, -0.15) is 0 Å². The van der Waals surface area contributed by atoms with Gasteiger partial charge in [-0.3, -0.25) is 4.72 Å². The maximum Gasteiger partial charge on any atom is 0.262 e. The van der Waals surface area contributed by atoms with Crippen LogP contribution < -0.4 is 10.0 Å². The summed E-state index contributed by atoms with van der Waals surface area (Å²) in [4.78, 5) is 0.149. The topological polar surface area (TPSA) is 78.4 Å². The minimum Gasteiger partial charge on any atom is -0.506 e. The molecule has 1 aliphatic rings. The molecular formula is C23H22Br2N2O3S. The maximum atomic E-state index is 12.8. The number of sulfonamides is 1. The Morgan fingerprint density at radius 1 is 1.10 bits per heavy atom. The Kier molecular flexibility index (Phi) is 6.44. The molecule has 0 spiro atoms. The van der Waals surface area contributed by atoms with Crippen LogP contribution in [-0.4, -0.2) is 20.1 Å². The SMILES string of the molecule is Cc1c(Br)cc(CC2NCCc3cc(O)c(NS(=O)(=O)c4ccccc4)cc32)cc1Br. The summed E-state index contributed by atoms with van der Waals surface area (Å²) in [7, 11) is -3.80. The largest absolute Gasteiger partial charge is 0.506 e. The highest BCUT2D eigenvalue weighted by atomic mass is 79.9. The summed E-state index contributed by atoms with van der Waals surface area (Å²) in [6, 6.07) is 15.8. The molecular weight excluding hydrogens is 544 g/mol. The molecule has 31 heavy (non-hydrogen) atoms. The van der Waals surface area contributed by atoms with E-state index in [9.17, 15) is 13.5 Å². The van der Waals surface area contributed by atoms with Crippen molar-refractivity contribution in [3.05, 3.63) is 85.8 Å². The van der Waals surface area contributed by atoms with Gasteiger partial charge < -0.3 is 10.4 Å². The number of aromatic hydroxyl groups is 1. The molecule has 0 amide bonds. The first-order valence-corrected chi connectivity index (χ1v) is 12.9. The number of phenolic OH excluding ortho intramolecular Hbond substituents is 1. The van der Waals surface area contributed by atoms with Gasteiger partial charge in [-0.1, -0.05) is 50.1 Å². The number of hydrogen-bond acceptors (Lipinski definition) is 4. The number of anilines is 1. The van der Waals surface area contributed by atoms with Gasteiger partial charge in [0.2, 0.25) is 0 Å². The van der Waals surface area contributed by atoms with Crippen molar-refractivity contribution in [2.24, 2.45) is 0 Å². The van der Waals surface area contributed by atoms with Gasteiger partial charge >= 0.3 is 0 Å². The van der Waals surface area contributed by atoms with E-state index < -0.39 is 10.0 Å². The molecule has 0 aromatic heterocycles. The highest BCUT2D eigenvalue weighted by Gasteiger charge is 2.24. The lowest BCUT2D eigenvalue weighted by Gasteiger charge is -2.28. The summed E-state index contributed by atoms with van der Waals surface area (Å²) < 4.78 is 30.1. The molecule has 0 saturated heterocycles. The first kappa shape index (κ1) is 22.3. The lowest BCUT2D eigenvalue weighted by Crippen LogP contribution is -2.31. The minimum absolute atomic E-state index is 0.00540. The van der Waals surface area contributed by atoms with Gasteiger partial charge in [0.15, 0.2) is 0 Å². The summed E-state index contributed by atoms with van der Waals surface area (Å²) in [5.41, 5.74) is 4.48. The molecule has 0 bridgehead atoms. The summed E-state index contributed by atoms with van der Waals surface area (Å²) in [6.07, 6.45) is 1.51. The molecule has 1 heterocycles. The Morgan fingerprint density at radius 3 is 2.45 bits per heavy atom. The van der Waals surface area contributed by atoms with Crippen molar-refractivity contribution < 1.29 is 13.5 Å². The van der Waals surface area contributed by atoms with Crippen molar-refractivity contribution >= 4 is 47.6 Å². The molecule has 0 radical (unpaired) electrons. The van der Waals surface area contributed by atoms with Gasteiger partial charge in [0.05, 0.1) is 10.6 Å². The Morgan fingerprint density at radius 2 is 1.77 bits per heavy atom. The molecule has 0 aliphatic carbocycles. The van der Waals surface area contributed by atoms with Crippen molar-refractivity contribution in [2.75, 3.05) is 11.3 Å². The van der Waals surface area contributed by atoms with Crippen LogP contribution in [0.5, 0.6) is 5.75 Å². The number of nitrogens with one attached hydrogen (secondary N) is 2. The number of phenols is 1. The predicted molar refractivity (Wildman–Crippen MR) is 130 cm³/mol. The summed E-state index contributed by atoms with van der Waals surface area (Å²) in [6.45, 7) is 2.83. The standard InChI is InChI=1S/C23H22Br2N2O3S/c1-14-19(24)9-15(10-20(14)25)11-21-18-13-22(23(28)12-16(18)7-8-26-21)27-31(29,30)17-5-3-2-4-6-17/h2-6,9-10,12-13,21,26-28H,7-8,11H2,1H3. The Hall–Kier alpha value is -1.87. The van der Waals surface area contributed by atoms with E-state index in [1.165, 1.54) is 12.1 Å². The second-order valence-corrected chi connectivity index (χ2v) is 11.0. The van der Waals surface area contributed by atoms with Crippen LogP contribution in [-0.2, 0) is 22.9 Å². The molecule has 1 aliphatic heterocycles. The zero-order chi connectivity index (χ0) is 22.2. The van der Waals surface area contributed by atoms with Gasteiger partial charge in [0.25, 0.3) is 10.0 Å². The third-order valence-electron chi connectivity index (χ3n) is 5.50. The summed E-state index contributed by atoms with van der Waals surface area (Å²) in [5, 5.41) is 14.0. The average molecular weight is 566 g/mol. The van der Waals surface area contributed by atoms with Gasteiger partial charge in [-0.05, 0) is 85.0 Å². The van der Waals surface area contributed by atoms with Crippen molar-refractivity contribution in [1.82, 2.24) is 5.32 Å². The predicted octanol–water partition coefficient (Wildman–Crippen LogP) is 5.46. The molecule has 162 valence electrons. The zero-order valence-corrected chi connectivity index (χ0v) is 20.8. The first-order valence-electron chi connectivity index (χ1n) is 9.86. The van der Waals surface area contributed by atoms with Crippen LogP contribution in [0.1, 0.15) is 28.3 Å². The maximum absolute atomic E-state index is 12.8. The number of rotatable bonds is 5. The van der Waals surface area contributed by atoms with E-state index in [2.05, 4.69) is 54.0 Å². The Balaban J connectivity index is 1.67. The second kappa shape index (κ2) is 8.94. The van der Waals surface area contributed by atoms with E-state index in [0.717, 1.165) is 50.6 Å². The molecule has 0 fully saturated rings. The fourth-order valence-corrected chi connectivity index (χ4v) is 6.17. The highest BCUT2D eigenvalue weighted by molar-refractivity contribution is 9.11. The highest BCUT2D eigenvalue weighted by Crippen LogP contribution is 2.36. The third kappa shape index (κ3) is 4.82. The normalized spacial score (nSPS) is 16.0. The molecule has 3 aromatic carbocycles. The van der Waals surface area contributed by atoms with Crippen LogP contribution in [0.15, 0.2) is 68.4 Å². The minimum atomic E-state index is -3.80. The third-order valence-corrected chi connectivity index (χ3v) is 8.53. The monoisotopic (exact) mass is 564 g/mol. The van der Waals surface area contributed by atoms with Crippen LogP contribution in [0.2, 0.25) is 0 Å². The Bertz CT molecular complexity index is 1210. The van der Waals surface area contributed by atoms with Crippen LogP contribution >= 0.6 is 31.9 Å². The average Bonchev–Trinajstić information content (AvgIpc) is 2.73. The van der Waals surface area contributed by atoms with E-state index >= 15 is 0 Å². The van der Waals surface area contributed by atoms with Gasteiger partial charge in [-0.15, -0.1) is 0 Å². The van der Waals surface area contributed by atoms with Crippen molar-refractivity contribution in [3.63, 3.8) is 0 Å². The molecule has 3 aromatic rings. The van der Waals surface area contributed by atoms with E-state index in [0.29, 0.717) is 0 Å². The fourth-order valence-electron chi connectivity index (χ4n) is 3.80. The molecule has 8 heteroatoms. The molecule has 4 rings (SSSR count). The van der Waals surface area contributed by atoms with Crippen LogP contribution in [0.25, 0.3) is 0 Å². The lowest BCUT2D eigenvalue weighted by molar-refractivity contribution is 0.469. The summed E-state index contributed by atoms with van der Waals surface area (Å²) in [5.74, 6) is -0.0697. The fraction of sp³-hybridized carbons (Fsp3) is 0.217.